The van der Waals surface area contributed by atoms with Gasteiger partial charge in [-0.2, -0.15) is 0 Å². The molecule has 1 aliphatic rings. The summed E-state index contributed by atoms with van der Waals surface area (Å²) in [4.78, 5) is 1.32. The van der Waals surface area contributed by atoms with Crippen LogP contribution in [0, 0.1) is 0 Å². The minimum atomic E-state index is -0.696. The molecule has 0 bridgehead atoms. The monoisotopic (exact) mass is 305 g/mol. The van der Waals surface area contributed by atoms with Crippen LogP contribution in [0.5, 0.6) is 0 Å². The number of halogens is 1. The van der Waals surface area contributed by atoms with Crippen LogP contribution < -0.4 is 0 Å². The molecular weight excluding hydrogens is 294 g/mol. The standard InChI is InChI=1S/C10H12BrNOS2/c1-15(13)5-4-12-7-8-6-9(11)2-3-10(8)14-12/h2-3,6H,4-5,7H2,1H3. The van der Waals surface area contributed by atoms with Gasteiger partial charge < -0.3 is 4.55 Å². The summed E-state index contributed by atoms with van der Waals surface area (Å²) in [6, 6.07) is 6.35. The Labute approximate surface area is 106 Å². The number of hydrogen-bond acceptors (Lipinski definition) is 3. The van der Waals surface area contributed by atoms with Crippen molar-refractivity contribution in [3.05, 3.63) is 28.2 Å². The summed E-state index contributed by atoms with van der Waals surface area (Å²) in [5.41, 5.74) is 1.36. The SMILES string of the molecule is C[S+]([O-])CCN1Cc2cc(Br)ccc2S1. The third-order valence-corrected chi connectivity index (χ3v) is 4.64. The maximum atomic E-state index is 11.0. The highest BCUT2D eigenvalue weighted by Crippen LogP contribution is 2.36. The van der Waals surface area contributed by atoms with E-state index in [0.29, 0.717) is 0 Å². The lowest BCUT2D eigenvalue weighted by atomic mass is 10.2. The van der Waals surface area contributed by atoms with E-state index in [1.165, 1.54) is 10.5 Å². The van der Waals surface area contributed by atoms with Gasteiger partial charge in [0.1, 0.15) is 5.75 Å². The molecule has 0 aliphatic carbocycles. The van der Waals surface area contributed by atoms with E-state index in [4.69, 9.17) is 0 Å². The second-order valence-corrected chi connectivity index (χ2v) is 7.09. The van der Waals surface area contributed by atoms with Gasteiger partial charge in [0.25, 0.3) is 0 Å². The van der Waals surface area contributed by atoms with Crippen LogP contribution in [0.15, 0.2) is 27.6 Å². The molecule has 0 saturated heterocycles. The van der Waals surface area contributed by atoms with Gasteiger partial charge in [-0.3, -0.25) is 0 Å². The summed E-state index contributed by atoms with van der Waals surface area (Å²) in [6.07, 6.45) is 1.75. The molecule has 0 amide bonds. The number of benzene rings is 1. The molecule has 0 radical (unpaired) electrons. The zero-order chi connectivity index (χ0) is 10.8. The molecule has 1 aromatic rings. The second kappa shape index (κ2) is 5.10. The van der Waals surface area contributed by atoms with Crippen molar-refractivity contribution in [1.82, 2.24) is 4.31 Å². The van der Waals surface area contributed by atoms with Crippen molar-refractivity contribution in [2.45, 2.75) is 11.4 Å². The summed E-state index contributed by atoms with van der Waals surface area (Å²) in [5.74, 6) is 0.752. The van der Waals surface area contributed by atoms with Gasteiger partial charge in [-0.25, -0.2) is 4.31 Å². The zero-order valence-corrected chi connectivity index (χ0v) is 11.6. The number of hydrogen-bond donors (Lipinski definition) is 0. The Morgan fingerprint density at radius 3 is 3.13 bits per heavy atom. The van der Waals surface area contributed by atoms with E-state index in [0.717, 1.165) is 23.3 Å². The van der Waals surface area contributed by atoms with E-state index >= 15 is 0 Å². The maximum Gasteiger partial charge on any atom is 0.118 e. The molecule has 0 aromatic heterocycles. The van der Waals surface area contributed by atoms with Crippen molar-refractivity contribution in [1.29, 1.82) is 0 Å². The van der Waals surface area contributed by atoms with Crippen LogP contribution in [0.4, 0.5) is 0 Å². The summed E-state index contributed by atoms with van der Waals surface area (Å²) >= 11 is 4.54. The third kappa shape index (κ3) is 3.14. The first-order chi connectivity index (χ1) is 7.15. The van der Waals surface area contributed by atoms with Crippen molar-refractivity contribution in [3.63, 3.8) is 0 Å². The topological polar surface area (TPSA) is 26.3 Å². The second-order valence-electron chi connectivity index (χ2n) is 3.48. The molecule has 2 rings (SSSR count). The van der Waals surface area contributed by atoms with Crippen LogP contribution in [-0.4, -0.2) is 27.4 Å². The minimum absolute atomic E-state index is 0.696. The lowest BCUT2D eigenvalue weighted by molar-refractivity contribution is 0.502. The van der Waals surface area contributed by atoms with Crippen molar-refractivity contribution < 1.29 is 4.55 Å². The van der Waals surface area contributed by atoms with Crippen LogP contribution in [0.25, 0.3) is 0 Å². The molecule has 1 atom stereocenters. The van der Waals surface area contributed by atoms with Crippen molar-refractivity contribution in [3.8, 4) is 0 Å². The summed E-state index contributed by atoms with van der Waals surface area (Å²) in [6.45, 7) is 1.84. The smallest absolute Gasteiger partial charge is 0.118 e. The Bertz CT molecular complexity index is 359. The first-order valence-electron chi connectivity index (χ1n) is 4.66. The van der Waals surface area contributed by atoms with E-state index < -0.39 is 11.2 Å². The molecule has 15 heavy (non-hydrogen) atoms. The fraction of sp³-hybridized carbons (Fsp3) is 0.400. The van der Waals surface area contributed by atoms with Crippen molar-refractivity contribution in [2.24, 2.45) is 0 Å². The van der Waals surface area contributed by atoms with Gasteiger partial charge in [0.15, 0.2) is 0 Å². The molecule has 1 heterocycles. The highest BCUT2D eigenvalue weighted by Gasteiger charge is 2.20. The summed E-state index contributed by atoms with van der Waals surface area (Å²) in [7, 11) is 0. The first kappa shape index (κ1) is 11.8. The minimum Gasteiger partial charge on any atom is -0.617 e. The first-order valence-corrected chi connectivity index (χ1v) is 7.96. The highest BCUT2D eigenvalue weighted by molar-refractivity contribution is 9.10. The Balaban J connectivity index is 1.97. The van der Waals surface area contributed by atoms with E-state index in [1.54, 1.807) is 18.2 Å². The fourth-order valence-corrected chi connectivity index (χ4v) is 3.51. The third-order valence-electron chi connectivity index (χ3n) is 2.22. The van der Waals surface area contributed by atoms with Gasteiger partial charge in [-0.1, -0.05) is 27.1 Å². The number of nitrogens with zero attached hydrogens (tertiary/aromatic N) is 1. The molecule has 0 saturated carbocycles. The molecule has 0 fully saturated rings. The highest BCUT2D eigenvalue weighted by atomic mass is 79.9. The average molecular weight is 306 g/mol. The van der Waals surface area contributed by atoms with Gasteiger partial charge in [-0.05, 0) is 35.7 Å². The van der Waals surface area contributed by atoms with E-state index in [9.17, 15) is 4.55 Å². The molecule has 0 N–H and O–H groups in total. The Morgan fingerprint density at radius 2 is 2.40 bits per heavy atom. The van der Waals surface area contributed by atoms with Crippen LogP contribution >= 0.6 is 27.9 Å². The van der Waals surface area contributed by atoms with Crippen LogP contribution in [-0.2, 0) is 17.7 Å². The summed E-state index contributed by atoms with van der Waals surface area (Å²) in [5, 5.41) is 0. The van der Waals surface area contributed by atoms with Gasteiger partial charge in [0, 0.05) is 15.9 Å². The molecular formula is C10H12BrNOS2. The predicted octanol–water partition coefficient (Wildman–Crippen LogP) is 2.65. The molecule has 1 aromatic carbocycles. The van der Waals surface area contributed by atoms with Crippen molar-refractivity contribution in [2.75, 3.05) is 18.6 Å². The zero-order valence-electron chi connectivity index (χ0n) is 8.40. The predicted molar refractivity (Wildman–Crippen MR) is 69.3 cm³/mol. The van der Waals surface area contributed by atoms with Crippen LogP contribution in [0.1, 0.15) is 5.56 Å². The maximum absolute atomic E-state index is 11.0. The van der Waals surface area contributed by atoms with Crippen molar-refractivity contribution >= 4 is 39.1 Å². The van der Waals surface area contributed by atoms with Gasteiger partial charge in [-0.15, -0.1) is 0 Å². The van der Waals surface area contributed by atoms with Crippen LogP contribution in [0.3, 0.4) is 0 Å². The Hall–Kier alpha value is 0.320. The largest absolute Gasteiger partial charge is 0.617 e. The normalized spacial score (nSPS) is 17.8. The average Bonchev–Trinajstić information content (AvgIpc) is 2.56. The molecule has 0 spiro atoms. The van der Waals surface area contributed by atoms with E-state index in [2.05, 4.69) is 38.4 Å². The molecule has 1 unspecified atom stereocenters. The number of rotatable bonds is 3. The van der Waals surface area contributed by atoms with E-state index in [1.807, 2.05) is 0 Å². The lowest BCUT2D eigenvalue weighted by Gasteiger charge is -2.13. The summed E-state index contributed by atoms with van der Waals surface area (Å²) < 4.78 is 14.4. The molecule has 5 heteroatoms. The van der Waals surface area contributed by atoms with Crippen LogP contribution in [0.2, 0.25) is 0 Å². The fourth-order valence-electron chi connectivity index (χ4n) is 1.48. The quantitative estimate of drug-likeness (QED) is 0.634. The lowest BCUT2D eigenvalue weighted by Crippen LogP contribution is -2.19. The molecule has 82 valence electrons. The molecule has 1 aliphatic heterocycles. The molecule has 2 nitrogen and oxygen atoms in total. The van der Waals surface area contributed by atoms with E-state index in [-0.39, 0.29) is 0 Å². The Morgan fingerprint density at radius 1 is 1.60 bits per heavy atom. The van der Waals surface area contributed by atoms with Gasteiger partial charge >= 0.3 is 0 Å². The van der Waals surface area contributed by atoms with Gasteiger partial charge in [0.05, 0.1) is 12.8 Å². The number of fused-ring (bicyclic) bond motifs is 1. The Kier molecular flexibility index (Phi) is 4.01. The van der Waals surface area contributed by atoms with Gasteiger partial charge in [0.2, 0.25) is 0 Å².